The Hall–Kier alpha value is -1.12. The number of aliphatic hydroxyl groups is 1. The molecule has 40 heavy (non-hydrogen) atoms. The van der Waals surface area contributed by atoms with Crippen molar-refractivity contribution in [3.05, 3.63) is 0 Å². The van der Waals surface area contributed by atoms with Crippen molar-refractivity contribution in [1.82, 2.24) is 0 Å². The van der Waals surface area contributed by atoms with Crippen LogP contribution in [0.3, 0.4) is 0 Å². The third kappa shape index (κ3) is 16.4. The van der Waals surface area contributed by atoms with E-state index in [4.69, 9.17) is 9.47 Å². The molecule has 0 saturated carbocycles. The molecule has 0 radical (unpaired) electrons. The minimum atomic E-state index is -5.46. The molecular weight excluding hydrogens is 592 g/mol. The summed E-state index contributed by atoms with van der Waals surface area (Å²) in [6.45, 7) is -10.7. The predicted molar refractivity (Wildman–Crippen MR) is 111 cm³/mol. The van der Waals surface area contributed by atoms with Crippen LogP contribution < -0.4 is 0 Å². The average Bonchev–Trinajstić information content (AvgIpc) is 2.77. The molecule has 0 aromatic heterocycles. The van der Waals surface area contributed by atoms with Crippen LogP contribution in [-0.4, -0.2) is 107 Å². The van der Waals surface area contributed by atoms with Crippen molar-refractivity contribution >= 4 is 0 Å². The third-order valence-electron chi connectivity index (χ3n) is 4.44. The molecule has 0 aliphatic heterocycles. The minimum absolute atomic E-state index is 0.257. The van der Waals surface area contributed by atoms with E-state index in [1.54, 1.807) is 0 Å². The van der Waals surface area contributed by atoms with Crippen LogP contribution in [0.2, 0.25) is 0 Å². The zero-order valence-corrected chi connectivity index (χ0v) is 21.3. The summed E-state index contributed by atoms with van der Waals surface area (Å²) in [7, 11) is 0. The Morgan fingerprint density at radius 2 is 1.32 bits per heavy atom. The van der Waals surface area contributed by atoms with Crippen molar-refractivity contribution in [2.24, 2.45) is 0 Å². The van der Waals surface area contributed by atoms with Gasteiger partial charge >= 0.3 is 18.3 Å². The fraction of sp³-hybridized carbons (Fsp3) is 1.00. The molecule has 0 spiro atoms. The van der Waals surface area contributed by atoms with Gasteiger partial charge in [-0.2, -0.15) is 26.3 Å². The zero-order valence-electron chi connectivity index (χ0n) is 21.3. The van der Waals surface area contributed by atoms with Crippen molar-refractivity contribution in [2.75, 3.05) is 59.6 Å². The van der Waals surface area contributed by atoms with Gasteiger partial charge in [0.2, 0.25) is 6.43 Å². The molecule has 242 valence electrons. The van der Waals surface area contributed by atoms with Crippen molar-refractivity contribution < 1.29 is 86.2 Å². The number of halogens is 12. The van der Waals surface area contributed by atoms with Gasteiger partial charge < -0.3 is 28.8 Å². The number of rotatable bonds is 24. The summed E-state index contributed by atoms with van der Waals surface area (Å²) in [4.78, 5) is 0. The van der Waals surface area contributed by atoms with Crippen LogP contribution in [0.25, 0.3) is 0 Å². The van der Waals surface area contributed by atoms with Gasteiger partial charge in [0.15, 0.2) is 6.10 Å². The quantitative estimate of drug-likeness (QED) is 0.0883. The number of hydrogen-bond donors (Lipinski definition) is 1. The van der Waals surface area contributed by atoms with Crippen molar-refractivity contribution in [3.63, 3.8) is 0 Å². The molecule has 0 fully saturated rings. The zero-order chi connectivity index (χ0) is 31.1. The molecule has 7 nitrogen and oxygen atoms in total. The first kappa shape index (κ1) is 38.9. The van der Waals surface area contributed by atoms with Crippen LogP contribution in [0.4, 0.5) is 52.7 Å². The highest BCUT2D eigenvalue weighted by molar-refractivity contribution is 4.85. The van der Waals surface area contributed by atoms with E-state index in [0.29, 0.717) is 0 Å². The lowest BCUT2D eigenvalue weighted by atomic mass is 10.2. The first-order valence-electron chi connectivity index (χ1n) is 11.7. The highest BCUT2D eigenvalue weighted by atomic mass is 19.4. The van der Waals surface area contributed by atoms with Gasteiger partial charge in [-0.3, -0.25) is 13.5 Å². The summed E-state index contributed by atoms with van der Waals surface area (Å²) in [6.07, 6.45) is -20.2. The average molecular weight is 624 g/mol. The molecule has 0 amide bonds. The Morgan fingerprint density at radius 3 is 1.85 bits per heavy atom. The summed E-state index contributed by atoms with van der Waals surface area (Å²) in [5, 5.41) is 10.0. The van der Waals surface area contributed by atoms with Crippen molar-refractivity contribution in [3.8, 4) is 0 Å². The van der Waals surface area contributed by atoms with Gasteiger partial charge in [0, 0.05) is 26.6 Å². The second-order valence-corrected chi connectivity index (χ2v) is 8.31. The predicted octanol–water partition coefficient (Wildman–Crippen LogP) is 5.34. The second-order valence-electron chi connectivity index (χ2n) is 8.31. The van der Waals surface area contributed by atoms with Gasteiger partial charge in [0.25, 0.3) is 11.7 Å². The minimum Gasteiger partial charge on any atom is -0.378 e. The van der Waals surface area contributed by atoms with Gasteiger partial charge in [0.05, 0.1) is 39.6 Å². The molecule has 0 saturated heterocycles. The fourth-order valence-electron chi connectivity index (χ4n) is 2.59. The smallest absolute Gasteiger partial charge is 0.378 e. The highest BCUT2D eigenvalue weighted by Crippen LogP contribution is 2.41. The Kier molecular flexibility index (Phi) is 17.3. The van der Waals surface area contributed by atoms with E-state index in [1.165, 1.54) is 0 Å². The van der Waals surface area contributed by atoms with Crippen LogP contribution >= 0.6 is 0 Å². The van der Waals surface area contributed by atoms with Crippen molar-refractivity contribution in [2.45, 2.75) is 75.2 Å². The number of hydrogen-bond acceptors (Lipinski definition) is 7. The molecule has 0 aromatic carbocycles. The van der Waals surface area contributed by atoms with E-state index < -0.39 is 121 Å². The van der Waals surface area contributed by atoms with Crippen LogP contribution in [-0.2, 0) is 28.4 Å². The number of ether oxygens (including phenoxy) is 6. The molecule has 19 heteroatoms. The van der Waals surface area contributed by atoms with Crippen LogP contribution in [0, 0.1) is 0 Å². The van der Waals surface area contributed by atoms with Gasteiger partial charge in [-0.25, -0.2) is 17.6 Å². The van der Waals surface area contributed by atoms with Gasteiger partial charge in [-0.1, -0.05) is 0 Å². The van der Waals surface area contributed by atoms with Crippen LogP contribution in [0.1, 0.15) is 32.6 Å². The van der Waals surface area contributed by atoms with Gasteiger partial charge in [0.1, 0.15) is 13.2 Å². The molecule has 3 atom stereocenters. The molecule has 1 N–H and O–H groups in total. The summed E-state index contributed by atoms with van der Waals surface area (Å²) in [5.74, 6) is -7.80. The highest BCUT2D eigenvalue weighted by Gasteiger charge is 2.64. The van der Waals surface area contributed by atoms with Crippen LogP contribution in [0.5, 0.6) is 0 Å². The molecular formula is C21H32F12O7. The Labute approximate surface area is 222 Å². The molecule has 0 aliphatic rings. The Balaban J connectivity index is 6.23. The molecule has 0 rings (SSSR count). The van der Waals surface area contributed by atoms with Crippen molar-refractivity contribution in [1.29, 1.82) is 0 Å². The summed E-state index contributed by atoms with van der Waals surface area (Å²) in [5.41, 5.74) is 0. The summed E-state index contributed by atoms with van der Waals surface area (Å²) in [6, 6.07) is -4.64. The Morgan fingerprint density at radius 1 is 0.750 bits per heavy atom. The van der Waals surface area contributed by atoms with E-state index in [-0.39, 0.29) is 13.3 Å². The lowest BCUT2D eigenvalue weighted by Gasteiger charge is -2.41. The number of alkyl halides is 12. The second kappa shape index (κ2) is 17.7. The normalized spacial score (nSPS) is 17.2. The van der Waals surface area contributed by atoms with E-state index in [9.17, 15) is 44.6 Å². The van der Waals surface area contributed by atoms with Gasteiger partial charge in [-0.15, -0.1) is 0 Å². The lowest BCUT2D eigenvalue weighted by molar-refractivity contribution is -0.503. The SMILES string of the molecule is CC(F)(F)COC[C@](OCCC(F)F)(OCCC(F)(F)F)C(F)(F)O[C@](O)(F)[C@H](COCCCF)OCCCF. The van der Waals surface area contributed by atoms with E-state index >= 15 is 13.2 Å². The third-order valence-corrected chi connectivity index (χ3v) is 4.44. The lowest BCUT2D eigenvalue weighted by Crippen LogP contribution is -2.62. The van der Waals surface area contributed by atoms with Gasteiger partial charge in [-0.05, 0) is 12.8 Å². The molecule has 0 unspecified atom stereocenters. The first-order chi connectivity index (χ1) is 18.3. The fourth-order valence-corrected chi connectivity index (χ4v) is 2.59. The van der Waals surface area contributed by atoms with Crippen LogP contribution in [0.15, 0.2) is 0 Å². The first-order valence-corrected chi connectivity index (χ1v) is 11.7. The molecule has 0 aliphatic carbocycles. The summed E-state index contributed by atoms with van der Waals surface area (Å²) >= 11 is 0. The maximum Gasteiger partial charge on any atom is 0.416 e. The molecule has 0 aromatic rings. The van der Waals surface area contributed by atoms with E-state index in [0.717, 1.165) is 0 Å². The largest absolute Gasteiger partial charge is 0.416 e. The Bertz CT molecular complexity index is 643. The molecule has 0 heterocycles. The van der Waals surface area contributed by atoms with E-state index in [1.807, 2.05) is 0 Å². The standard InChI is InChI=1S/C21H32F12O7/c1-17(26,27)13-36-14-18(38-10-4-16(24)25,39-11-5-19(28,29)30)21(32,33)40-20(31,34)15(37-9-3-7-23)12-35-8-2-6-22/h15-16,34H,2-14H2,1H3/t15-,18-,20-/m0/s1. The maximum absolute atomic E-state index is 15.4. The molecule has 0 bridgehead atoms. The topological polar surface area (TPSA) is 75.6 Å². The monoisotopic (exact) mass is 624 g/mol. The summed E-state index contributed by atoms with van der Waals surface area (Å²) < 4.78 is 187. The van der Waals surface area contributed by atoms with E-state index in [2.05, 4.69) is 18.9 Å². The maximum atomic E-state index is 15.4.